The largest absolute Gasteiger partial charge is 0.346 e. The molecule has 0 spiro atoms. The number of carbonyl (C=O) groups excluding carboxylic acids is 1. The Kier molecular flexibility index (Phi) is 4.99. The van der Waals surface area contributed by atoms with Gasteiger partial charge < -0.3 is 5.32 Å². The summed E-state index contributed by atoms with van der Waals surface area (Å²) in [5.74, 6) is -2.35. The molecule has 1 N–H and O–H groups in total. The first-order valence-electron chi connectivity index (χ1n) is 6.65. The molecule has 0 fully saturated rings. The molecule has 114 valence electrons. The van der Waals surface area contributed by atoms with E-state index in [1.165, 1.54) is 24.3 Å². The van der Waals surface area contributed by atoms with Crippen molar-refractivity contribution in [3.63, 3.8) is 0 Å². The van der Waals surface area contributed by atoms with Gasteiger partial charge in [-0.25, -0.2) is 13.2 Å². The second-order valence-electron chi connectivity index (χ2n) is 4.75. The van der Waals surface area contributed by atoms with Gasteiger partial charge in [0.05, 0.1) is 6.04 Å². The van der Waals surface area contributed by atoms with Crippen LogP contribution in [0.2, 0.25) is 0 Å². The first-order chi connectivity index (χ1) is 10.5. The Balaban J connectivity index is 2.04. The van der Waals surface area contributed by atoms with Crippen molar-refractivity contribution in [2.45, 2.75) is 13.0 Å². The van der Waals surface area contributed by atoms with Gasteiger partial charge in [-0.3, -0.25) is 4.79 Å². The second-order valence-corrected chi connectivity index (χ2v) is 4.75. The first-order valence-corrected chi connectivity index (χ1v) is 6.65. The molecule has 0 aromatic heterocycles. The molecule has 0 radical (unpaired) electrons. The molecule has 2 nitrogen and oxygen atoms in total. The maximum atomic E-state index is 13.6. The minimum Gasteiger partial charge on any atom is -0.346 e. The maximum Gasteiger partial charge on any atom is 0.244 e. The van der Waals surface area contributed by atoms with Gasteiger partial charge in [0.2, 0.25) is 5.91 Å². The van der Waals surface area contributed by atoms with E-state index in [1.807, 2.05) is 0 Å². The van der Waals surface area contributed by atoms with Crippen molar-refractivity contribution in [2.24, 2.45) is 0 Å². The fraction of sp³-hybridized carbons (Fsp3) is 0.118. The van der Waals surface area contributed by atoms with E-state index in [2.05, 4.69) is 5.32 Å². The van der Waals surface area contributed by atoms with Gasteiger partial charge in [-0.1, -0.05) is 24.3 Å². The highest BCUT2D eigenvalue weighted by atomic mass is 19.1. The standard InChI is InChI=1S/C17H14F3NO/c1-11(14-8-7-13(18)10-16(14)20)21-17(22)9-6-12-4-2-3-5-15(12)19/h2-11H,1H3,(H,21,22)/b9-6+/t11-/m1/s1. The summed E-state index contributed by atoms with van der Waals surface area (Å²) in [7, 11) is 0. The summed E-state index contributed by atoms with van der Waals surface area (Å²) < 4.78 is 39.8. The van der Waals surface area contributed by atoms with E-state index in [1.54, 1.807) is 19.1 Å². The van der Waals surface area contributed by atoms with Gasteiger partial charge in [0.15, 0.2) is 0 Å². The fourth-order valence-corrected chi connectivity index (χ4v) is 1.97. The Morgan fingerprint density at radius 3 is 2.50 bits per heavy atom. The average molecular weight is 305 g/mol. The van der Waals surface area contributed by atoms with E-state index in [0.29, 0.717) is 0 Å². The summed E-state index contributed by atoms with van der Waals surface area (Å²) in [6.07, 6.45) is 2.49. The van der Waals surface area contributed by atoms with Gasteiger partial charge in [-0.05, 0) is 25.1 Å². The molecular formula is C17H14F3NO. The predicted molar refractivity (Wildman–Crippen MR) is 78.3 cm³/mol. The van der Waals surface area contributed by atoms with Gasteiger partial charge in [0, 0.05) is 23.3 Å². The number of nitrogens with one attached hydrogen (secondary N) is 1. The Morgan fingerprint density at radius 2 is 1.82 bits per heavy atom. The van der Waals surface area contributed by atoms with Crippen LogP contribution in [0.5, 0.6) is 0 Å². The van der Waals surface area contributed by atoms with Crippen LogP contribution in [0.3, 0.4) is 0 Å². The number of halogens is 3. The number of benzene rings is 2. The normalized spacial score (nSPS) is 12.4. The smallest absolute Gasteiger partial charge is 0.244 e. The number of amides is 1. The van der Waals surface area contributed by atoms with Crippen molar-refractivity contribution >= 4 is 12.0 Å². The molecule has 0 heterocycles. The first kappa shape index (κ1) is 15.8. The molecule has 0 aliphatic rings. The Labute approximate surface area is 126 Å². The molecule has 2 rings (SSSR count). The molecule has 5 heteroatoms. The van der Waals surface area contributed by atoms with E-state index in [-0.39, 0.29) is 11.1 Å². The van der Waals surface area contributed by atoms with Crippen molar-refractivity contribution in [3.8, 4) is 0 Å². The summed E-state index contributed by atoms with van der Waals surface area (Å²) in [4.78, 5) is 11.8. The lowest BCUT2D eigenvalue weighted by Crippen LogP contribution is -2.25. The van der Waals surface area contributed by atoms with Gasteiger partial charge in [0.25, 0.3) is 0 Å². The number of rotatable bonds is 4. The number of hydrogen-bond donors (Lipinski definition) is 1. The van der Waals surface area contributed by atoms with E-state index < -0.39 is 29.4 Å². The van der Waals surface area contributed by atoms with Gasteiger partial charge in [-0.15, -0.1) is 0 Å². The number of hydrogen-bond acceptors (Lipinski definition) is 1. The molecule has 0 unspecified atom stereocenters. The third-order valence-corrected chi connectivity index (χ3v) is 3.11. The van der Waals surface area contributed by atoms with Crippen LogP contribution >= 0.6 is 0 Å². The minimum absolute atomic E-state index is 0.175. The third kappa shape index (κ3) is 3.97. The summed E-state index contributed by atoms with van der Waals surface area (Å²) >= 11 is 0. The van der Waals surface area contributed by atoms with Crippen LogP contribution < -0.4 is 5.32 Å². The SMILES string of the molecule is C[C@@H](NC(=O)/C=C/c1ccccc1F)c1ccc(F)cc1F. The van der Waals surface area contributed by atoms with Crippen LogP contribution in [0.25, 0.3) is 6.08 Å². The number of carbonyl (C=O) groups is 1. The van der Waals surface area contributed by atoms with E-state index in [9.17, 15) is 18.0 Å². The quantitative estimate of drug-likeness (QED) is 0.850. The zero-order valence-corrected chi connectivity index (χ0v) is 11.8. The van der Waals surface area contributed by atoms with Gasteiger partial charge in [0.1, 0.15) is 17.5 Å². The molecule has 1 amide bonds. The molecule has 0 saturated heterocycles. The molecular weight excluding hydrogens is 291 g/mol. The molecule has 2 aromatic carbocycles. The summed E-state index contributed by atoms with van der Waals surface area (Å²) in [6, 6.07) is 8.53. The van der Waals surface area contributed by atoms with Gasteiger partial charge >= 0.3 is 0 Å². The lowest BCUT2D eigenvalue weighted by Gasteiger charge is -2.13. The zero-order chi connectivity index (χ0) is 16.1. The van der Waals surface area contributed by atoms with Crippen LogP contribution in [-0.4, -0.2) is 5.91 Å². The molecule has 1 atom stereocenters. The molecule has 2 aromatic rings. The lowest BCUT2D eigenvalue weighted by atomic mass is 10.1. The Bertz CT molecular complexity index is 713. The van der Waals surface area contributed by atoms with Crippen LogP contribution in [0.15, 0.2) is 48.5 Å². The van der Waals surface area contributed by atoms with Crippen molar-refractivity contribution in [1.29, 1.82) is 0 Å². The Hall–Kier alpha value is -2.56. The summed E-state index contributed by atoms with van der Waals surface area (Å²) in [5, 5.41) is 2.54. The maximum absolute atomic E-state index is 13.6. The summed E-state index contributed by atoms with van der Waals surface area (Å²) in [6.45, 7) is 1.57. The lowest BCUT2D eigenvalue weighted by molar-refractivity contribution is -0.117. The molecule has 0 aliphatic heterocycles. The minimum atomic E-state index is -0.731. The van der Waals surface area contributed by atoms with E-state index in [4.69, 9.17) is 0 Å². The van der Waals surface area contributed by atoms with Crippen LogP contribution in [0, 0.1) is 17.5 Å². The highest BCUT2D eigenvalue weighted by Gasteiger charge is 2.13. The van der Waals surface area contributed by atoms with Crippen LogP contribution in [0.4, 0.5) is 13.2 Å². The highest BCUT2D eigenvalue weighted by Crippen LogP contribution is 2.17. The van der Waals surface area contributed by atoms with Crippen molar-refractivity contribution in [3.05, 3.63) is 77.1 Å². The zero-order valence-electron chi connectivity index (χ0n) is 11.8. The Morgan fingerprint density at radius 1 is 1.09 bits per heavy atom. The van der Waals surface area contributed by atoms with E-state index >= 15 is 0 Å². The van der Waals surface area contributed by atoms with Crippen molar-refractivity contribution in [1.82, 2.24) is 5.32 Å². The fourth-order valence-electron chi connectivity index (χ4n) is 1.97. The topological polar surface area (TPSA) is 29.1 Å². The monoisotopic (exact) mass is 305 g/mol. The average Bonchev–Trinajstić information content (AvgIpc) is 2.46. The highest BCUT2D eigenvalue weighted by molar-refractivity contribution is 5.92. The van der Waals surface area contributed by atoms with Crippen LogP contribution in [0.1, 0.15) is 24.1 Å². The molecule has 22 heavy (non-hydrogen) atoms. The molecule has 0 saturated carbocycles. The third-order valence-electron chi connectivity index (χ3n) is 3.11. The van der Waals surface area contributed by atoms with Gasteiger partial charge in [-0.2, -0.15) is 0 Å². The van der Waals surface area contributed by atoms with E-state index in [0.717, 1.165) is 18.2 Å². The molecule has 0 aliphatic carbocycles. The predicted octanol–water partition coefficient (Wildman–Crippen LogP) is 3.99. The van der Waals surface area contributed by atoms with Crippen molar-refractivity contribution < 1.29 is 18.0 Å². The summed E-state index contributed by atoms with van der Waals surface area (Å²) in [5.41, 5.74) is 0.451. The van der Waals surface area contributed by atoms with Crippen molar-refractivity contribution in [2.75, 3.05) is 0 Å². The molecule has 0 bridgehead atoms. The van der Waals surface area contributed by atoms with Crippen LogP contribution in [-0.2, 0) is 4.79 Å². The second kappa shape index (κ2) is 6.93.